The molecule has 33 heavy (non-hydrogen) atoms. The number of benzene rings is 1. The van der Waals surface area contributed by atoms with E-state index in [1.54, 1.807) is 19.1 Å². The Bertz CT molecular complexity index is 1050. The molecule has 10 heteroatoms. The molecule has 2 heterocycles. The van der Waals surface area contributed by atoms with Gasteiger partial charge in [0.05, 0.1) is 34.5 Å². The minimum Gasteiger partial charge on any atom is -0.479 e. The standard InChI is InChI=1S/C23H29ClN6O3/c1-13(21(29-27)28-18-5-3-14(11-25)9-17(18)24)20(26)32-12-15-10-16-4-6-19(15)30(16)22(31)33-23(2)7-8-23/h3,5,9,15-16,19H,4,6-8,10,12,26-27H2,1-2H3,(H,28,29). The second-order valence-electron chi connectivity index (χ2n) is 9.20. The van der Waals surface area contributed by atoms with Crippen LogP contribution in [0.1, 0.15) is 51.5 Å². The summed E-state index contributed by atoms with van der Waals surface area (Å²) >= 11 is 6.21. The summed E-state index contributed by atoms with van der Waals surface area (Å²) in [7, 11) is 0. The number of amidine groups is 1. The number of nitriles is 1. The Balaban J connectivity index is 1.41. The van der Waals surface area contributed by atoms with Crippen LogP contribution in [0.15, 0.2) is 34.6 Å². The SMILES string of the molecule is CC(C(=Nc1ccc(C#N)cc1Cl)NN)=C(N)OCC1CC2CCC1N2C(=O)OC1(C)CC1. The fraction of sp³-hybridized carbons (Fsp3) is 0.522. The fourth-order valence-corrected chi connectivity index (χ4v) is 4.77. The maximum Gasteiger partial charge on any atom is 0.410 e. The molecule has 1 aliphatic carbocycles. The van der Waals surface area contributed by atoms with Crippen molar-refractivity contribution in [3.63, 3.8) is 0 Å². The van der Waals surface area contributed by atoms with Crippen LogP contribution >= 0.6 is 11.6 Å². The molecule has 3 atom stereocenters. The number of carbonyl (C=O) groups excluding carboxylic acids is 1. The molecule has 3 fully saturated rings. The zero-order valence-electron chi connectivity index (χ0n) is 18.8. The van der Waals surface area contributed by atoms with Gasteiger partial charge in [-0.1, -0.05) is 11.6 Å². The van der Waals surface area contributed by atoms with Gasteiger partial charge in [0, 0.05) is 18.0 Å². The third kappa shape index (κ3) is 4.87. The minimum absolute atomic E-state index is 0.108. The van der Waals surface area contributed by atoms with Crippen molar-refractivity contribution in [2.45, 2.75) is 63.6 Å². The lowest BCUT2D eigenvalue weighted by atomic mass is 9.90. The summed E-state index contributed by atoms with van der Waals surface area (Å²) in [4.78, 5) is 19.0. The Morgan fingerprint density at radius 3 is 2.82 bits per heavy atom. The summed E-state index contributed by atoms with van der Waals surface area (Å²) in [6, 6.07) is 7.12. The molecular formula is C23H29ClN6O3. The Labute approximate surface area is 198 Å². The van der Waals surface area contributed by atoms with Crippen molar-refractivity contribution >= 4 is 29.2 Å². The molecule has 1 saturated carbocycles. The summed E-state index contributed by atoms with van der Waals surface area (Å²) in [6.45, 7) is 4.11. The number of hydrogen-bond acceptors (Lipinski definition) is 7. The molecule has 2 bridgehead atoms. The monoisotopic (exact) mass is 472 g/mol. The van der Waals surface area contributed by atoms with E-state index in [0.29, 0.717) is 34.3 Å². The van der Waals surface area contributed by atoms with Crippen LogP contribution in [-0.4, -0.2) is 41.1 Å². The molecule has 1 aromatic rings. The Morgan fingerprint density at radius 2 is 2.18 bits per heavy atom. The van der Waals surface area contributed by atoms with Gasteiger partial charge < -0.3 is 25.5 Å². The van der Waals surface area contributed by atoms with Crippen molar-refractivity contribution in [2.24, 2.45) is 22.5 Å². The minimum atomic E-state index is -0.280. The van der Waals surface area contributed by atoms with Gasteiger partial charge in [-0.25, -0.2) is 15.6 Å². The van der Waals surface area contributed by atoms with E-state index >= 15 is 0 Å². The van der Waals surface area contributed by atoms with Crippen LogP contribution in [0.2, 0.25) is 5.02 Å². The predicted octanol–water partition coefficient (Wildman–Crippen LogP) is 3.45. The Kier molecular flexibility index (Phi) is 6.41. The molecule has 1 aromatic carbocycles. The highest BCUT2D eigenvalue weighted by Crippen LogP contribution is 2.45. The number of nitrogens with one attached hydrogen (secondary N) is 1. The van der Waals surface area contributed by atoms with Crippen molar-refractivity contribution in [1.82, 2.24) is 10.3 Å². The van der Waals surface area contributed by atoms with E-state index < -0.39 is 0 Å². The number of hydrogen-bond donors (Lipinski definition) is 3. The van der Waals surface area contributed by atoms with E-state index in [1.807, 2.05) is 17.9 Å². The average Bonchev–Trinajstić information content (AvgIpc) is 3.24. The molecule has 4 rings (SSSR count). The first kappa shape index (κ1) is 23.2. The van der Waals surface area contributed by atoms with Gasteiger partial charge >= 0.3 is 6.09 Å². The van der Waals surface area contributed by atoms with E-state index in [9.17, 15) is 4.79 Å². The van der Waals surface area contributed by atoms with Gasteiger partial charge in [0.15, 0.2) is 5.88 Å². The number of aliphatic imine (C=N–C) groups is 1. The maximum atomic E-state index is 12.7. The van der Waals surface area contributed by atoms with Crippen molar-refractivity contribution in [2.75, 3.05) is 6.61 Å². The van der Waals surface area contributed by atoms with Gasteiger partial charge in [0.2, 0.25) is 0 Å². The lowest BCUT2D eigenvalue weighted by Gasteiger charge is -2.25. The molecule has 0 aromatic heterocycles. The highest BCUT2D eigenvalue weighted by atomic mass is 35.5. The number of carbonyl (C=O) groups is 1. The molecule has 5 N–H and O–H groups in total. The van der Waals surface area contributed by atoms with Crippen LogP contribution in [0.5, 0.6) is 0 Å². The third-order valence-corrected chi connectivity index (χ3v) is 7.09. The number of ether oxygens (including phenoxy) is 2. The van der Waals surface area contributed by atoms with Crippen LogP contribution in [0, 0.1) is 17.2 Å². The maximum absolute atomic E-state index is 12.7. The first-order valence-electron chi connectivity index (χ1n) is 11.1. The van der Waals surface area contributed by atoms with E-state index in [0.717, 1.165) is 32.1 Å². The number of rotatable bonds is 6. The first-order chi connectivity index (χ1) is 15.7. The number of amides is 1. The first-order valence-corrected chi connectivity index (χ1v) is 11.5. The Morgan fingerprint density at radius 1 is 1.42 bits per heavy atom. The predicted molar refractivity (Wildman–Crippen MR) is 124 cm³/mol. The van der Waals surface area contributed by atoms with Crippen LogP contribution in [-0.2, 0) is 9.47 Å². The molecular weight excluding hydrogens is 444 g/mol. The van der Waals surface area contributed by atoms with E-state index in [4.69, 9.17) is 37.9 Å². The molecule has 9 nitrogen and oxygen atoms in total. The molecule has 2 saturated heterocycles. The summed E-state index contributed by atoms with van der Waals surface area (Å²) in [5.41, 5.74) is 9.85. The summed E-state index contributed by atoms with van der Waals surface area (Å²) < 4.78 is 11.6. The molecule has 1 amide bonds. The lowest BCUT2D eigenvalue weighted by Crippen LogP contribution is -2.39. The highest BCUT2D eigenvalue weighted by molar-refractivity contribution is 6.33. The summed E-state index contributed by atoms with van der Waals surface area (Å²) in [5.74, 6) is 6.34. The van der Waals surface area contributed by atoms with Gasteiger partial charge in [-0.05, 0) is 64.2 Å². The van der Waals surface area contributed by atoms with Crippen molar-refractivity contribution in [3.05, 3.63) is 40.2 Å². The average molecular weight is 473 g/mol. The van der Waals surface area contributed by atoms with Crippen LogP contribution in [0.3, 0.4) is 0 Å². The number of nitrogens with zero attached hydrogens (tertiary/aromatic N) is 3. The zero-order valence-corrected chi connectivity index (χ0v) is 19.6. The van der Waals surface area contributed by atoms with Gasteiger partial charge in [0.25, 0.3) is 0 Å². The zero-order chi connectivity index (χ0) is 23.8. The van der Waals surface area contributed by atoms with Crippen molar-refractivity contribution in [1.29, 1.82) is 5.26 Å². The topological polar surface area (TPSA) is 139 Å². The summed E-state index contributed by atoms with van der Waals surface area (Å²) in [5, 5.41) is 9.31. The highest BCUT2D eigenvalue weighted by Gasteiger charge is 2.52. The molecule has 2 aliphatic heterocycles. The van der Waals surface area contributed by atoms with Crippen LogP contribution < -0.4 is 17.0 Å². The second-order valence-corrected chi connectivity index (χ2v) is 9.61. The van der Waals surface area contributed by atoms with E-state index in [-0.39, 0.29) is 35.6 Å². The molecule has 3 aliphatic rings. The van der Waals surface area contributed by atoms with Crippen LogP contribution in [0.25, 0.3) is 0 Å². The third-order valence-electron chi connectivity index (χ3n) is 6.79. The second kappa shape index (κ2) is 9.12. The fourth-order valence-electron chi connectivity index (χ4n) is 4.55. The molecule has 0 spiro atoms. The van der Waals surface area contributed by atoms with E-state index in [2.05, 4.69) is 10.4 Å². The molecule has 0 radical (unpaired) electrons. The lowest BCUT2D eigenvalue weighted by molar-refractivity contribution is 0.0502. The number of halogens is 1. The van der Waals surface area contributed by atoms with Gasteiger partial charge in [-0.2, -0.15) is 5.26 Å². The summed E-state index contributed by atoms with van der Waals surface area (Å²) in [6.07, 6.45) is 4.48. The van der Waals surface area contributed by atoms with Crippen molar-refractivity contribution in [3.8, 4) is 6.07 Å². The van der Waals surface area contributed by atoms with Crippen molar-refractivity contribution < 1.29 is 14.3 Å². The number of fused-ring (bicyclic) bond motifs is 2. The Hall–Kier alpha value is -2.96. The smallest absolute Gasteiger partial charge is 0.410 e. The molecule has 176 valence electrons. The number of nitrogens with two attached hydrogens (primary N) is 2. The van der Waals surface area contributed by atoms with E-state index in [1.165, 1.54) is 6.07 Å². The molecule has 3 unspecified atom stereocenters. The quantitative estimate of drug-likeness (QED) is 0.189. The normalized spacial score (nSPS) is 25.8. The van der Waals surface area contributed by atoms with Gasteiger partial charge in [-0.3, -0.25) is 0 Å². The van der Waals surface area contributed by atoms with Gasteiger partial charge in [-0.15, -0.1) is 0 Å². The van der Waals surface area contributed by atoms with Gasteiger partial charge in [0.1, 0.15) is 11.4 Å². The van der Waals surface area contributed by atoms with Crippen LogP contribution in [0.4, 0.5) is 10.5 Å². The number of hydrazine groups is 1. The largest absolute Gasteiger partial charge is 0.479 e.